The van der Waals surface area contributed by atoms with Crippen LogP contribution in [0.1, 0.15) is 50.4 Å². The molecule has 7 nitrogen and oxygen atoms in total. The summed E-state index contributed by atoms with van der Waals surface area (Å²) in [5.41, 5.74) is 1.08. The van der Waals surface area contributed by atoms with E-state index in [2.05, 4.69) is 57.0 Å². The third-order valence-electron chi connectivity index (χ3n) is 5.53. The fourth-order valence-electron chi connectivity index (χ4n) is 3.74. The van der Waals surface area contributed by atoms with Crippen LogP contribution in [0.5, 0.6) is 5.75 Å². The quantitative estimate of drug-likeness (QED) is 0.723. The van der Waals surface area contributed by atoms with Crippen LogP contribution in [0.3, 0.4) is 0 Å². The number of nitrogens with one attached hydrogen (secondary N) is 1. The second-order valence-corrected chi connectivity index (χ2v) is 7.96. The number of carbonyl (C=O) groups excluding carboxylic acids is 1. The number of fused-ring (bicyclic) bond motifs is 1. The summed E-state index contributed by atoms with van der Waals surface area (Å²) in [6.07, 6.45) is 5.62. The maximum Gasteiger partial charge on any atom is 0.220 e. The number of hydrogen-bond acceptors (Lipinski definition) is 5. The zero-order valence-corrected chi connectivity index (χ0v) is 18.5. The van der Waals surface area contributed by atoms with Crippen molar-refractivity contribution in [2.24, 2.45) is 5.92 Å². The number of rotatable bonds is 8. The van der Waals surface area contributed by atoms with Gasteiger partial charge < -0.3 is 14.6 Å². The van der Waals surface area contributed by atoms with Gasteiger partial charge in [-0.2, -0.15) is 0 Å². The van der Waals surface area contributed by atoms with E-state index in [4.69, 9.17) is 4.74 Å². The number of para-hydroxylation sites is 1. The zero-order valence-electron chi connectivity index (χ0n) is 18.5. The summed E-state index contributed by atoms with van der Waals surface area (Å²) >= 11 is 0. The fraction of sp³-hybridized carbons (Fsp3) is 0.522. The van der Waals surface area contributed by atoms with Crippen LogP contribution in [0.25, 0.3) is 6.08 Å². The van der Waals surface area contributed by atoms with E-state index in [1.165, 1.54) is 0 Å². The molecule has 7 heteroatoms. The minimum Gasteiger partial charge on any atom is -0.496 e. The fourth-order valence-corrected chi connectivity index (χ4v) is 3.74. The van der Waals surface area contributed by atoms with Crippen LogP contribution >= 0.6 is 0 Å². The number of ether oxygens (including phenoxy) is 1. The predicted octanol–water partition coefficient (Wildman–Crippen LogP) is 3.08. The number of methoxy groups -OCH3 is 1. The van der Waals surface area contributed by atoms with E-state index >= 15 is 0 Å². The summed E-state index contributed by atoms with van der Waals surface area (Å²) in [5.74, 6) is 3.04. The molecule has 0 aliphatic carbocycles. The first kappa shape index (κ1) is 22.0. The standard InChI is InChI=1S/C23H33N5O2/c1-5-21(29)24-22(17(2)3)23-26-25-20-12-14-27(15-16-28(20)23)13-8-10-18-9-6-7-11-19(18)30-4/h6-11,17,22H,5,12-16H2,1-4H3,(H,24,29). The van der Waals surface area contributed by atoms with Crippen molar-refractivity contribution in [1.29, 1.82) is 0 Å². The first-order chi connectivity index (χ1) is 14.5. The Kier molecular flexibility index (Phi) is 7.63. The molecule has 2 heterocycles. The molecule has 2 aromatic rings. The van der Waals surface area contributed by atoms with Crippen molar-refractivity contribution in [1.82, 2.24) is 25.0 Å². The number of aromatic nitrogens is 3. The first-order valence-corrected chi connectivity index (χ1v) is 10.8. The van der Waals surface area contributed by atoms with Gasteiger partial charge >= 0.3 is 0 Å². The van der Waals surface area contributed by atoms with E-state index in [1.54, 1.807) is 7.11 Å². The summed E-state index contributed by atoms with van der Waals surface area (Å²) in [6.45, 7) is 9.62. The Bertz CT molecular complexity index is 874. The van der Waals surface area contributed by atoms with E-state index < -0.39 is 0 Å². The van der Waals surface area contributed by atoms with Gasteiger partial charge in [-0.3, -0.25) is 9.69 Å². The van der Waals surface area contributed by atoms with Gasteiger partial charge in [0.2, 0.25) is 5.91 Å². The maximum absolute atomic E-state index is 12.0. The molecule has 1 aliphatic rings. The molecule has 0 spiro atoms. The number of amides is 1. The SMILES string of the molecule is CCC(=O)NC(c1nnc2n1CCN(CC=Cc1ccccc1OC)CC2)C(C)C. The van der Waals surface area contributed by atoms with Gasteiger partial charge in [-0.05, 0) is 12.0 Å². The Morgan fingerprint density at radius 1 is 1.23 bits per heavy atom. The second-order valence-electron chi connectivity index (χ2n) is 7.96. The molecule has 1 aromatic carbocycles. The molecule has 1 unspecified atom stereocenters. The van der Waals surface area contributed by atoms with Gasteiger partial charge in [0.25, 0.3) is 0 Å². The lowest BCUT2D eigenvalue weighted by molar-refractivity contribution is -0.121. The Hall–Kier alpha value is -2.67. The van der Waals surface area contributed by atoms with Gasteiger partial charge in [0.05, 0.1) is 13.2 Å². The van der Waals surface area contributed by atoms with Crippen molar-refractivity contribution in [2.45, 2.75) is 46.2 Å². The highest BCUT2D eigenvalue weighted by Gasteiger charge is 2.26. The van der Waals surface area contributed by atoms with Gasteiger partial charge in [-0.15, -0.1) is 10.2 Å². The highest BCUT2D eigenvalue weighted by molar-refractivity contribution is 5.75. The largest absolute Gasteiger partial charge is 0.496 e. The smallest absolute Gasteiger partial charge is 0.220 e. The Labute approximate surface area is 179 Å². The van der Waals surface area contributed by atoms with Crippen molar-refractivity contribution in [3.8, 4) is 5.75 Å². The molecule has 0 fully saturated rings. The molecule has 162 valence electrons. The highest BCUT2D eigenvalue weighted by Crippen LogP contribution is 2.23. The molecule has 0 saturated heterocycles. The Balaban J connectivity index is 1.66. The first-order valence-electron chi connectivity index (χ1n) is 10.8. The van der Waals surface area contributed by atoms with E-state index in [-0.39, 0.29) is 17.9 Å². The number of nitrogens with zero attached hydrogens (tertiary/aromatic N) is 4. The van der Waals surface area contributed by atoms with Crippen LogP contribution in [-0.4, -0.2) is 52.3 Å². The summed E-state index contributed by atoms with van der Waals surface area (Å²) in [6, 6.07) is 7.91. The predicted molar refractivity (Wildman–Crippen MR) is 118 cm³/mol. The molecule has 1 aliphatic heterocycles. The average molecular weight is 412 g/mol. The zero-order chi connectivity index (χ0) is 21.5. The lowest BCUT2D eigenvalue weighted by Gasteiger charge is -2.23. The van der Waals surface area contributed by atoms with E-state index in [1.807, 2.05) is 25.1 Å². The van der Waals surface area contributed by atoms with Crippen LogP contribution < -0.4 is 10.1 Å². The maximum atomic E-state index is 12.0. The molecule has 0 radical (unpaired) electrons. The van der Waals surface area contributed by atoms with Crippen molar-refractivity contribution >= 4 is 12.0 Å². The minimum absolute atomic E-state index is 0.0442. The summed E-state index contributed by atoms with van der Waals surface area (Å²) < 4.78 is 7.62. The molecule has 1 amide bonds. The molecular formula is C23H33N5O2. The molecule has 30 heavy (non-hydrogen) atoms. The minimum atomic E-state index is -0.115. The van der Waals surface area contributed by atoms with Crippen LogP contribution in [0.2, 0.25) is 0 Å². The van der Waals surface area contributed by atoms with Gasteiger partial charge in [0.1, 0.15) is 11.6 Å². The summed E-state index contributed by atoms with van der Waals surface area (Å²) in [4.78, 5) is 14.4. The third-order valence-corrected chi connectivity index (χ3v) is 5.53. The van der Waals surface area contributed by atoms with Crippen LogP contribution in [0.4, 0.5) is 0 Å². The van der Waals surface area contributed by atoms with Gasteiger partial charge in [-0.25, -0.2) is 0 Å². The average Bonchev–Trinajstić information content (AvgIpc) is 3.04. The van der Waals surface area contributed by atoms with Crippen molar-refractivity contribution in [3.05, 3.63) is 47.6 Å². The lowest BCUT2D eigenvalue weighted by Crippen LogP contribution is -2.34. The van der Waals surface area contributed by atoms with Crippen molar-refractivity contribution in [2.75, 3.05) is 26.7 Å². The van der Waals surface area contributed by atoms with Crippen LogP contribution in [-0.2, 0) is 17.8 Å². The van der Waals surface area contributed by atoms with Gasteiger partial charge in [0.15, 0.2) is 5.82 Å². The molecule has 1 aromatic heterocycles. The van der Waals surface area contributed by atoms with E-state index in [9.17, 15) is 4.79 Å². The molecule has 0 saturated carbocycles. The van der Waals surface area contributed by atoms with E-state index in [0.717, 1.165) is 55.6 Å². The Morgan fingerprint density at radius 2 is 2.03 bits per heavy atom. The second kappa shape index (κ2) is 10.4. The van der Waals surface area contributed by atoms with E-state index in [0.29, 0.717) is 6.42 Å². The molecular weight excluding hydrogens is 378 g/mol. The lowest BCUT2D eigenvalue weighted by atomic mass is 10.0. The molecule has 1 N–H and O–H groups in total. The highest BCUT2D eigenvalue weighted by atomic mass is 16.5. The topological polar surface area (TPSA) is 72.3 Å². The Morgan fingerprint density at radius 3 is 2.77 bits per heavy atom. The monoisotopic (exact) mass is 411 g/mol. The number of hydrogen-bond donors (Lipinski definition) is 1. The summed E-state index contributed by atoms with van der Waals surface area (Å²) in [7, 11) is 1.70. The summed E-state index contributed by atoms with van der Waals surface area (Å²) in [5, 5.41) is 12.0. The van der Waals surface area contributed by atoms with Gasteiger partial charge in [0, 0.05) is 44.6 Å². The van der Waals surface area contributed by atoms with Crippen molar-refractivity contribution in [3.63, 3.8) is 0 Å². The molecule has 1 atom stereocenters. The van der Waals surface area contributed by atoms with Crippen molar-refractivity contribution < 1.29 is 9.53 Å². The number of benzene rings is 1. The molecule has 3 rings (SSSR count). The van der Waals surface area contributed by atoms with Gasteiger partial charge in [-0.1, -0.05) is 51.1 Å². The normalized spacial score (nSPS) is 15.8. The number of carbonyl (C=O) groups is 1. The van der Waals surface area contributed by atoms with Crippen LogP contribution in [0.15, 0.2) is 30.3 Å². The third kappa shape index (κ3) is 5.27. The van der Waals surface area contributed by atoms with Crippen LogP contribution in [0, 0.1) is 5.92 Å². The molecule has 0 bridgehead atoms.